The van der Waals surface area contributed by atoms with E-state index in [4.69, 9.17) is 4.84 Å². The van der Waals surface area contributed by atoms with Crippen LogP contribution in [-0.4, -0.2) is 33.6 Å². The van der Waals surface area contributed by atoms with E-state index in [2.05, 4.69) is 4.57 Å². The van der Waals surface area contributed by atoms with Crippen LogP contribution in [0, 0.1) is 21.4 Å². The number of piperidine rings is 1. The zero-order valence-electron chi connectivity index (χ0n) is 15.5. The molecule has 1 saturated heterocycles. The Morgan fingerprint density at radius 3 is 2.58 bits per heavy atom. The first-order valence-corrected chi connectivity index (χ1v) is 8.94. The number of nitro groups is 1. The van der Waals surface area contributed by atoms with Gasteiger partial charge in [0.05, 0.1) is 10.3 Å². The maximum Gasteiger partial charge on any atom is 0.330 e. The summed E-state index contributed by atoms with van der Waals surface area (Å²) in [5, 5.41) is 13.5. The molecule has 0 saturated carbocycles. The van der Waals surface area contributed by atoms with Crippen LogP contribution in [0.2, 0.25) is 0 Å². The van der Waals surface area contributed by atoms with Gasteiger partial charge in [-0.2, -0.15) is 0 Å². The van der Waals surface area contributed by atoms with Crippen molar-refractivity contribution < 1.29 is 14.6 Å². The maximum atomic E-state index is 12.0. The number of hydrogen-bond donors (Lipinski definition) is 0. The molecule has 2 heterocycles. The van der Waals surface area contributed by atoms with Gasteiger partial charge in [-0.15, -0.1) is 5.06 Å². The Hall–Kier alpha value is -2.41. The number of benzene rings is 1. The van der Waals surface area contributed by atoms with E-state index in [0.29, 0.717) is 5.92 Å². The highest BCUT2D eigenvalue weighted by atomic mass is 16.7. The maximum absolute atomic E-state index is 12.0. The van der Waals surface area contributed by atoms with Crippen molar-refractivity contribution in [1.82, 2.24) is 9.63 Å². The zero-order chi connectivity index (χ0) is 18.9. The Balaban J connectivity index is 1.59. The van der Waals surface area contributed by atoms with Gasteiger partial charge >= 0.3 is 5.97 Å². The molecule has 7 nitrogen and oxygen atoms in total. The molecular formula is C19H25N3O4. The summed E-state index contributed by atoms with van der Waals surface area (Å²) in [5.74, 6) is 0.291. The Kier molecular flexibility index (Phi) is 5.00. The van der Waals surface area contributed by atoms with E-state index in [0.717, 1.165) is 43.4 Å². The van der Waals surface area contributed by atoms with Crippen LogP contribution in [0.1, 0.15) is 33.6 Å². The first kappa shape index (κ1) is 18.4. The van der Waals surface area contributed by atoms with E-state index in [1.807, 2.05) is 39.1 Å². The van der Waals surface area contributed by atoms with Gasteiger partial charge in [-0.3, -0.25) is 10.1 Å². The summed E-state index contributed by atoms with van der Waals surface area (Å²) in [5.41, 5.74) is 0.630. The lowest BCUT2D eigenvalue weighted by molar-refractivity contribution is -0.384. The molecule has 3 rings (SSSR count). The fourth-order valence-corrected chi connectivity index (χ4v) is 3.18. The minimum atomic E-state index is -0.497. The number of rotatable bonds is 4. The normalized spacial score (nSPS) is 16.7. The highest BCUT2D eigenvalue weighted by Crippen LogP contribution is 2.26. The first-order valence-electron chi connectivity index (χ1n) is 8.94. The number of carbonyl (C=O) groups is 1. The van der Waals surface area contributed by atoms with Crippen molar-refractivity contribution in [3.8, 4) is 0 Å². The molecule has 0 unspecified atom stereocenters. The minimum absolute atomic E-state index is 0.115. The van der Waals surface area contributed by atoms with E-state index in [-0.39, 0.29) is 16.6 Å². The first-order chi connectivity index (χ1) is 12.2. The van der Waals surface area contributed by atoms with Crippen LogP contribution in [0.15, 0.2) is 30.5 Å². The molecule has 140 valence electrons. The van der Waals surface area contributed by atoms with E-state index in [1.54, 1.807) is 17.2 Å². The van der Waals surface area contributed by atoms with E-state index < -0.39 is 5.41 Å². The molecule has 1 aliphatic rings. The monoisotopic (exact) mass is 359 g/mol. The van der Waals surface area contributed by atoms with Crippen LogP contribution in [0.25, 0.3) is 10.9 Å². The fraction of sp³-hybridized carbons (Fsp3) is 0.526. The zero-order valence-corrected chi connectivity index (χ0v) is 15.5. The molecule has 1 aliphatic heterocycles. The highest BCUT2D eigenvalue weighted by molar-refractivity contribution is 5.82. The molecule has 1 aromatic heterocycles. The number of nitrogens with zero attached hydrogens (tertiary/aromatic N) is 3. The van der Waals surface area contributed by atoms with E-state index in [9.17, 15) is 14.9 Å². The summed E-state index contributed by atoms with van der Waals surface area (Å²) in [4.78, 5) is 28.0. The minimum Gasteiger partial charge on any atom is -0.367 e. The van der Waals surface area contributed by atoms with Crippen LogP contribution < -0.4 is 0 Å². The largest absolute Gasteiger partial charge is 0.367 e. The van der Waals surface area contributed by atoms with Crippen molar-refractivity contribution in [2.24, 2.45) is 11.3 Å². The van der Waals surface area contributed by atoms with Crippen molar-refractivity contribution in [1.29, 1.82) is 0 Å². The van der Waals surface area contributed by atoms with Gasteiger partial charge in [0.2, 0.25) is 0 Å². The number of nitro benzene ring substituents is 1. The second-order valence-corrected chi connectivity index (χ2v) is 7.97. The lowest BCUT2D eigenvalue weighted by Gasteiger charge is -2.32. The Morgan fingerprint density at radius 1 is 1.27 bits per heavy atom. The third-order valence-corrected chi connectivity index (χ3v) is 4.82. The number of non-ortho nitro benzene ring substituents is 1. The topological polar surface area (TPSA) is 77.6 Å². The molecule has 0 spiro atoms. The predicted octanol–water partition coefficient (Wildman–Crippen LogP) is 3.77. The quantitative estimate of drug-likeness (QED) is 0.613. The highest BCUT2D eigenvalue weighted by Gasteiger charge is 2.28. The molecule has 0 radical (unpaired) electrons. The van der Waals surface area contributed by atoms with Gasteiger partial charge in [-0.1, -0.05) is 0 Å². The van der Waals surface area contributed by atoms with Crippen LogP contribution in [0.4, 0.5) is 5.69 Å². The lowest BCUT2D eigenvalue weighted by atomic mass is 9.97. The number of hydroxylamine groups is 2. The molecule has 1 aromatic carbocycles. The molecule has 0 aliphatic carbocycles. The van der Waals surface area contributed by atoms with E-state index >= 15 is 0 Å². The Morgan fingerprint density at radius 2 is 1.96 bits per heavy atom. The SMILES string of the molecule is CC(C)(C)C(=O)ON1CCC(Cn2ccc3cc([N+](=O)[O-])ccc32)CC1. The third kappa shape index (κ3) is 4.04. The van der Waals surface area contributed by atoms with Crippen molar-refractivity contribution in [3.05, 3.63) is 40.6 Å². The molecule has 26 heavy (non-hydrogen) atoms. The van der Waals surface area contributed by atoms with Crippen molar-refractivity contribution in [2.45, 2.75) is 40.2 Å². The average Bonchev–Trinajstić information content (AvgIpc) is 2.98. The number of aromatic nitrogens is 1. The third-order valence-electron chi connectivity index (χ3n) is 4.82. The summed E-state index contributed by atoms with van der Waals surface area (Å²) in [7, 11) is 0. The standard InChI is InChI=1S/C19H25N3O4/c1-19(2,3)18(23)26-21-10-6-14(7-11-21)13-20-9-8-15-12-16(22(24)25)4-5-17(15)20/h4-5,8-9,12,14H,6-7,10-11,13H2,1-3H3. The van der Waals surface area contributed by atoms with Crippen LogP contribution in [0.3, 0.4) is 0 Å². The van der Waals surface area contributed by atoms with Gasteiger partial charge in [-0.25, -0.2) is 4.79 Å². The van der Waals surface area contributed by atoms with Crippen molar-refractivity contribution >= 4 is 22.6 Å². The summed E-state index contributed by atoms with van der Waals surface area (Å²) < 4.78 is 2.15. The molecule has 0 bridgehead atoms. The van der Waals surface area contributed by atoms with Crippen molar-refractivity contribution in [2.75, 3.05) is 13.1 Å². The van der Waals surface area contributed by atoms with Gasteiger partial charge in [0, 0.05) is 48.9 Å². The van der Waals surface area contributed by atoms with Crippen molar-refractivity contribution in [3.63, 3.8) is 0 Å². The number of hydrogen-bond acceptors (Lipinski definition) is 5. The predicted molar refractivity (Wildman–Crippen MR) is 98.4 cm³/mol. The molecule has 2 aromatic rings. The Bertz CT molecular complexity index is 814. The molecule has 0 amide bonds. The van der Waals surface area contributed by atoms with Gasteiger partial charge in [0.15, 0.2) is 0 Å². The molecule has 7 heteroatoms. The van der Waals surface area contributed by atoms with Crippen LogP contribution >= 0.6 is 0 Å². The lowest BCUT2D eigenvalue weighted by Crippen LogP contribution is -2.39. The van der Waals surface area contributed by atoms with Gasteiger partial charge in [-0.05, 0) is 51.7 Å². The average molecular weight is 359 g/mol. The van der Waals surface area contributed by atoms with Gasteiger partial charge in [0.25, 0.3) is 5.69 Å². The second kappa shape index (κ2) is 7.07. The van der Waals surface area contributed by atoms with Gasteiger partial charge in [0.1, 0.15) is 0 Å². The smallest absolute Gasteiger partial charge is 0.330 e. The Labute approximate surface area is 152 Å². The number of fused-ring (bicyclic) bond motifs is 1. The van der Waals surface area contributed by atoms with E-state index in [1.165, 1.54) is 0 Å². The van der Waals surface area contributed by atoms with Crippen LogP contribution in [-0.2, 0) is 16.2 Å². The summed E-state index contributed by atoms with van der Waals surface area (Å²) in [6, 6.07) is 6.89. The summed E-state index contributed by atoms with van der Waals surface area (Å²) >= 11 is 0. The fourth-order valence-electron chi connectivity index (χ4n) is 3.18. The molecule has 1 fully saturated rings. The summed E-state index contributed by atoms with van der Waals surface area (Å²) in [6.45, 7) is 7.88. The molecule has 0 N–H and O–H groups in total. The second-order valence-electron chi connectivity index (χ2n) is 7.97. The molecular weight excluding hydrogens is 334 g/mol. The summed E-state index contributed by atoms with van der Waals surface area (Å²) in [6.07, 6.45) is 3.88. The van der Waals surface area contributed by atoms with Gasteiger partial charge < -0.3 is 9.40 Å². The van der Waals surface area contributed by atoms with Crippen LogP contribution in [0.5, 0.6) is 0 Å². The number of carbonyl (C=O) groups excluding carboxylic acids is 1. The molecule has 0 atom stereocenters.